The van der Waals surface area contributed by atoms with Crippen LogP contribution in [0.1, 0.15) is 17.7 Å². The Bertz CT molecular complexity index is 736. The molecule has 0 saturated heterocycles. The fourth-order valence-corrected chi connectivity index (χ4v) is 3.22. The highest BCUT2D eigenvalue weighted by Crippen LogP contribution is 2.25. The number of aromatic nitrogens is 2. The van der Waals surface area contributed by atoms with Gasteiger partial charge in [0.15, 0.2) is 0 Å². The number of carbonyl (C=O) groups excluding carboxylic acids is 1. The van der Waals surface area contributed by atoms with Crippen LogP contribution in [0.15, 0.2) is 35.2 Å². The highest BCUT2D eigenvalue weighted by Gasteiger charge is 2.24. The molecule has 0 aliphatic carbocycles. The number of nitrogens with zero attached hydrogens (tertiary/aromatic N) is 2. The van der Waals surface area contributed by atoms with Gasteiger partial charge in [0.2, 0.25) is 5.91 Å². The maximum atomic E-state index is 12.5. The number of alkyl halides is 2. The molecule has 1 N–H and O–H groups in total. The van der Waals surface area contributed by atoms with Crippen molar-refractivity contribution in [2.24, 2.45) is 5.92 Å². The molecule has 2 heterocycles. The van der Waals surface area contributed by atoms with Gasteiger partial charge in [-0.25, -0.2) is 4.98 Å². The van der Waals surface area contributed by atoms with Gasteiger partial charge in [0.25, 0.3) is 0 Å². The van der Waals surface area contributed by atoms with Crippen molar-refractivity contribution in [2.45, 2.75) is 32.5 Å². The molecule has 0 fully saturated rings. The van der Waals surface area contributed by atoms with Crippen molar-refractivity contribution in [3.63, 3.8) is 0 Å². The number of hydrogen-bond donors (Lipinski definition) is 1. The zero-order valence-electron chi connectivity index (χ0n) is 12.7. The molecule has 1 unspecified atom stereocenters. The highest BCUT2D eigenvalue weighted by molar-refractivity contribution is 9.10. The zero-order valence-corrected chi connectivity index (χ0v) is 14.3. The predicted octanol–water partition coefficient (Wildman–Crippen LogP) is 3.13. The first-order chi connectivity index (χ1) is 11.5. The lowest BCUT2D eigenvalue weighted by molar-refractivity contribution is -0.125. The number of amides is 1. The highest BCUT2D eigenvalue weighted by atomic mass is 79.9. The second-order valence-electron chi connectivity index (χ2n) is 5.62. The van der Waals surface area contributed by atoms with Crippen molar-refractivity contribution in [3.05, 3.63) is 46.5 Å². The fourth-order valence-electron chi connectivity index (χ4n) is 2.82. The van der Waals surface area contributed by atoms with Gasteiger partial charge in [-0.2, -0.15) is 8.78 Å². The van der Waals surface area contributed by atoms with Crippen molar-refractivity contribution in [2.75, 3.05) is 0 Å². The van der Waals surface area contributed by atoms with E-state index in [4.69, 9.17) is 0 Å². The number of ether oxygens (including phenoxy) is 1. The first-order valence-corrected chi connectivity index (χ1v) is 8.32. The van der Waals surface area contributed by atoms with E-state index in [-0.39, 0.29) is 24.1 Å². The molecule has 1 aliphatic heterocycles. The van der Waals surface area contributed by atoms with Gasteiger partial charge in [0, 0.05) is 47.4 Å². The number of fused-ring (bicyclic) bond motifs is 1. The lowest BCUT2D eigenvalue weighted by Crippen LogP contribution is -2.34. The smallest absolute Gasteiger partial charge is 0.387 e. The molecule has 1 aromatic carbocycles. The van der Waals surface area contributed by atoms with Crippen molar-refractivity contribution >= 4 is 21.8 Å². The molecule has 1 aromatic heterocycles. The Labute approximate surface area is 146 Å². The molecule has 0 bridgehead atoms. The van der Waals surface area contributed by atoms with Crippen LogP contribution < -0.4 is 10.1 Å². The first-order valence-electron chi connectivity index (χ1n) is 7.53. The summed E-state index contributed by atoms with van der Waals surface area (Å²) in [7, 11) is 0. The van der Waals surface area contributed by atoms with Crippen LogP contribution in [0.5, 0.6) is 5.75 Å². The molecule has 0 saturated carbocycles. The van der Waals surface area contributed by atoms with Crippen LogP contribution in [0.3, 0.4) is 0 Å². The van der Waals surface area contributed by atoms with Crippen LogP contribution in [-0.2, 0) is 24.3 Å². The molecule has 1 amide bonds. The number of imidazole rings is 1. The molecule has 2 aromatic rings. The minimum absolute atomic E-state index is 0.0650. The van der Waals surface area contributed by atoms with Gasteiger partial charge in [-0.05, 0) is 24.6 Å². The number of halogens is 3. The van der Waals surface area contributed by atoms with Gasteiger partial charge in [-0.1, -0.05) is 15.9 Å². The summed E-state index contributed by atoms with van der Waals surface area (Å²) in [4.78, 5) is 16.5. The summed E-state index contributed by atoms with van der Waals surface area (Å²) in [5.74, 6) is -0.165. The Morgan fingerprint density at radius 3 is 3.12 bits per heavy atom. The van der Waals surface area contributed by atoms with Crippen molar-refractivity contribution < 1.29 is 18.3 Å². The van der Waals surface area contributed by atoms with Gasteiger partial charge in [-0.15, -0.1) is 0 Å². The Morgan fingerprint density at radius 1 is 1.50 bits per heavy atom. The van der Waals surface area contributed by atoms with E-state index >= 15 is 0 Å². The number of nitrogens with one attached hydrogen (secondary N) is 1. The minimum atomic E-state index is -2.90. The molecular weight excluding hydrogens is 384 g/mol. The standard InChI is InChI=1S/C16H16BrF2N3O2/c17-12-1-2-14(24-16(18)19)11(5-12)7-21-15(23)10-3-4-22-9-20-8-13(22)6-10/h1-2,5,8-10,16H,3-4,6-7H2,(H,21,23). The van der Waals surface area contributed by atoms with E-state index in [1.54, 1.807) is 24.7 Å². The largest absolute Gasteiger partial charge is 0.434 e. The van der Waals surface area contributed by atoms with E-state index in [1.165, 1.54) is 6.07 Å². The number of rotatable bonds is 5. The number of benzene rings is 1. The zero-order chi connectivity index (χ0) is 17.1. The van der Waals surface area contributed by atoms with Gasteiger partial charge in [-0.3, -0.25) is 4.79 Å². The number of hydrogen-bond acceptors (Lipinski definition) is 3. The van der Waals surface area contributed by atoms with Crippen LogP contribution in [0.4, 0.5) is 8.78 Å². The summed E-state index contributed by atoms with van der Waals surface area (Å²) in [6.07, 6.45) is 4.89. The second kappa shape index (κ2) is 7.29. The summed E-state index contributed by atoms with van der Waals surface area (Å²) in [6.45, 7) is -2.01. The maximum absolute atomic E-state index is 12.5. The minimum Gasteiger partial charge on any atom is -0.434 e. The number of aryl methyl sites for hydroxylation is 1. The molecule has 24 heavy (non-hydrogen) atoms. The third-order valence-electron chi connectivity index (χ3n) is 4.03. The van der Waals surface area contributed by atoms with Gasteiger partial charge >= 0.3 is 6.61 Å². The quantitative estimate of drug-likeness (QED) is 0.839. The molecule has 5 nitrogen and oxygen atoms in total. The molecule has 8 heteroatoms. The van der Waals surface area contributed by atoms with Gasteiger partial charge in [0.1, 0.15) is 5.75 Å². The Balaban J connectivity index is 1.63. The fraction of sp³-hybridized carbons (Fsp3) is 0.375. The monoisotopic (exact) mass is 399 g/mol. The molecular formula is C16H16BrF2N3O2. The first kappa shape index (κ1) is 16.9. The van der Waals surface area contributed by atoms with Crippen molar-refractivity contribution in [1.82, 2.24) is 14.9 Å². The van der Waals surface area contributed by atoms with Crippen molar-refractivity contribution in [3.8, 4) is 5.75 Å². The molecule has 3 rings (SSSR count). The summed E-state index contributed by atoms with van der Waals surface area (Å²) < 4.78 is 32.2. The lowest BCUT2D eigenvalue weighted by atomic mass is 9.95. The van der Waals surface area contributed by atoms with E-state index in [2.05, 4.69) is 31.0 Å². The molecule has 128 valence electrons. The van der Waals surface area contributed by atoms with Crippen LogP contribution in [0, 0.1) is 5.92 Å². The summed E-state index contributed by atoms with van der Waals surface area (Å²) in [5, 5.41) is 2.82. The average molecular weight is 400 g/mol. The normalized spacial score (nSPS) is 16.8. The maximum Gasteiger partial charge on any atom is 0.387 e. The van der Waals surface area contributed by atoms with Gasteiger partial charge in [0.05, 0.1) is 6.33 Å². The second-order valence-corrected chi connectivity index (χ2v) is 6.53. The van der Waals surface area contributed by atoms with Crippen LogP contribution >= 0.6 is 15.9 Å². The van der Waals surface area contributed by atoms with E-state index in [1.807, 2.05) is 4.57 Å². The van der Waals surface area contributed by atoms with Crippen LogP contribution in [0.2, 0.25) is 0 Å². The molecule has 1 atom stereocenters. The molecule has 1 aliphatic rings. The van der Waals surface area contributed by atoms with E-state index in [9.17, 15) is 13.6 Å². The topological polar surface area (TPSA) is 56.1 Å². The lowest BCUT2D eigenvalue weighted by Gasteiger charge is -2.23. The Kier molecular flexibility index (Phi) is 5.13. The molecule has 0 radical (unpaired) electrons. The van der Waals surface area contributed by atoms with E-state index in [0.29, 0.717) is 12.0 Å². The summed E-state index contributed by atoms with van der Waals surface area (Å²) >= 11 is 3.29. The Morgan fingerprint density at radius 2 is 2.33 bits per heavy atom. The van der Waals surface area contributed by atoms with E-state index in [0.717, 1.165) is 23.1 Å². The van der Waals surface area contributed by atoms with Crippen molar-refractivity contribution in [1.29, 1.82) is 0 Å². The summed E-state index contributed by atoms with van der Waals surface area (Å²) in [6, 6.07) is 4.73. The average Bonchev–Trinajstić information content (AvgIpc) is 3.02. The Hall–Kier alpha value is -1.96. The summed E-state index contributed by atoms with van der Waals surface area (Å²) in [5.41, 5.74) is 1.53. The SMILES string of the molecule is O=C(NCc1cc(Br)ccc1OC(F)F)C1CCn2cncc2C1. The number of carbonyl (C=O) groups is 1. The van der Waals surface area contributed by atoms with Gasteiger partial charge < -0.3 is 14.6 Å². The third-order valence-corrected chi connectivity index (χ3v) is 4.53. The third kappa shape index (κ3) is 3.92. The van der Waals surface area contributed by atoms with Crippen LogP contribution in [0.25, 0.3) is 0 Å². The van der Waals surface area contributed by atoms with E-state index < -0.39 is 6.61 Å². The van der Waals surface area contributed by atoms with Crippen LogP contribution in [-0.4, -0.2) is 22.1 Å². The molecule has 0 spiro atoms. The predicted molar refractivity (Wildman–Crippen MR) is 86.7 cm³/mol.